The lowest BCUT2D eigenvalue weighted by Crippen LogP contribution is -2.44. The highest BCUT2D eigenvalue weighted by molar-refractivity contribution is 14.0. The molecule has 1 aliphatic carbocycles. The second-order valence-corrected chi connectivity index (χ2v) is 8.95. The van der Waals surface area contributed by atoms with Crippen LogP contribution in [0.2, 0.25) is 0 Å². The van der Waals surface area contributed by atoms with Crippen LogP contribution in [0.15, 0.2) is 29.3 Å². The zero-order valence-corrected chi connectivity index (χ0v) is 18.3. The molecular weight excluding hydrogens is 465 g/mol. The number of nitrogens with zero attached hydrogens (tertiary/aromatic N) is 1. The van der Waals surface area contributed by atoms with E-state index in [1.165, 1.54) is 6.42 Å². The van der Waals surface area contributed by atoms with Crippen molar-refractivity contribution in [2.45, 2.75) is 51.3 Å². The van der Waals surface area contributed by atoms with Gasteiger partial charge in [-0.25, -0.2) is 13.4 Å². The average molecular weight is 493 g/mol. The largest absolute Gasteiger partial charge is 0.490 e. The minimum Gasteiger partial charge on any atom is -0.490 e. The van der Waals surface area contributed by atoms with Crippen LogP contribution >= 0.6 is 24.0 Å². The Kier molecular flexibility index (Phi) is 8.00. The van der Waals surface area contributed by atoms with Crippen molar-refractivity contribution in [1.82, 2.24) is 10.6 Å². The van der Waals surface area contributed by atoms with Gasteiger partial charge in [0.05, 0.1) is 24.2 Å². The number of benzene rings is 1. The van der Waals surface area contributed by atoms with Gasteiger partial charge in [0.2, 0.25) is 0 Å². The van der Waals surface area contributed by atoms with E-state index in [-0.39, 0.29) is 41.5 Å². The summed E-state index contributed by atoms with van der Waals surface area (Å²) in [7, 11) is -2.91. The third kappa shape index (κ3) is 6.00. The summed E-state index contributed by atoms with van der Waals surface area (Å²) in [5, 5.41) is 6.44. The molecule has 8 heteroatoms. The number of guanidine groups is 1. The van der Waals surface area contributed by atoms with Gasteiger partial charge in [-0.05, 0) is 38.7 Å². The summed E-state index contributed by atoms with van der Waals surface area (Å²) in [5.41, 5.74) is 1.05. The van der Waals surface area contributed by atoms with Crippen LogP contribution in [0.25, 0.3) is 0 Å². The summed E-state index contributed by atoms with van der Waals surface area (Å²) in [6.07, 6.45) is 4.45. The molecule has 0 bridgehead atoms. The summed E-state index contributed by atoms with van der Waals surface area (Å²) < 4.78 is 29.3. The van der Waals surface area contributed by atoms with E-state index in [0.717, 1.165) is 30.7 Å². The first-order valence-corrected chi connectivity index (χ1v) is 10.9. The number of nitrogens with one attached hydrogen (secondary N) is 2. The molecule has 1 aliphatic heterocycles. The lowest BCUT2D eigenvalue weighted by molar-refractivity contribution is 0.119. The molecule has 1 saturated carbocycles. The van der Waals surface area contributed by atoms with Crippen LogP contribution in [0.5, 0.6) is 5.75 Å². The van der Waals surface area contributed by atoms with Gasteiger partial charge in [-0.3, -0.25) is 0 Å². The number of halogens is 1. The fraction of sp³-hybridized carbons (Fsp3) is 0.611. The van der Waals surface area contributed by atoms with Gasteiger partial charge >= 0.3 is 0 Å². The van der Waals surface area contributed by atoms with Crippen molar-refractivity contribution >= 4 is 39.8 Å². The quantitative estimate of drug-likeness (QED) is 0.362. The Balaban J connectivity index is 0.00000243. The lowest BCUT2D eigenvalue weighted by Gasteiger charge is -2.27. The van der Waals surface area contributed by atoms with E-state index >= 15 is 0 Å². The fourth-order valence-electron chi connectivity index (χ4n) is 3.00. The smallest absolute Gasteiger partial charge is 0.191 e. The van der Waals surface area contributed by atoms with Gasteiger partial charge in [-0.15, -0.1) is 24.0 Å². The highest BCUT2D eigenvalue weighted by Gasteiger charge is 2.28. The van der Waals surface area contributed by atoms with Gasteiger partial charge in [-0.2, -0.15) is 0 Å². The second kappa shape index (κ2) is 9.77. The molecule has 1 atom stereocenters. The van der Waals surface area contributed by atoms with Crippen molar-refractivity contribution in [3.63, 3.8) is 0 Å². The molecule has 0 radical (unpaired) electrons. The SMILES string of the molecule is CCNC(=NCc1ccccc1OC1CCC1)NC1CCS(=O)(=O)C1.I. The van der Waals surface area contributed by atoms with Gasteiger partial charge in [-0.1, -0.05) is 18.2 Å². The maximum Gasteiger partial charge on any atom is 0.191 e. The molecule has 0 aromatic heterocycles. The standard InChI is InChI=1S/C18H27N3O3S.HI/c1-2-19-18(21-15-10-11-25(22,23)13-15)20-12-14-6-3-4-9-17(14)24-16-7-5-8-16;/h3-4,6,9,15-16H,2,5,7-8,10-13H2,1H3,(H2,19,20,21);1H. The van der Waals surface area contributed by atoms with E-state index in [9.17, 15) is 8.42 Å². The number of para-hydroxylation sites is 1. The molecule has 0 amide bonds. The Hall–Kier alpha value is -1.03. The molecule has 1 heterocycles. The highest BCUT2D eigenvalue weighted by Crippen LogP contribution is 2.27. The molecular formula is C18H28IN3O3S. The van der Waals surface area contributed by atoms with Crippen LogP contribution in [0.3, 0.4) is 0 Å². The Bertz CT molecular complexity index is 720. The molecule has 1 aromatic carbocycles. The van der Waals surface area contributed by atoms with Gasteiger partial charge in [0, 0.05) is 18.2 Å². The Labute approximate surface area is 173 Å². The van der Waals surface area contributed by atoms with Gasteiger partial charge in [0.15, 0.2) is 15.8 Å². The van der Waals surface area contributed by atoms with E-state index in [1.807, 2.05) is 31.2 Å². The first kappa shape index (κ1) is 21.3. The summed E-state index contributed by atoms with van der Waals surface area (Å²) in [5.74, 6) is 1.99. The molecule has 1 unspecified atom stereocenters. The molecule has 26 heavy (non-hydrogen) atoms. The zero-order chi connectivity index (χ0) is 17.7. The number of aliphatic imine (C=N–C) groups is 1. The van der Waals surface area contributed by atoms with Crippen molar-refractivity contribution in [1.29, 1.82) is 0 Å². The monoisotopic (exact) mass is 493 g/mol. The summed E-state index contributed by atoms with van der Waals surface area (Å²) in [4.78, 5) is 4.63. The van der Waals surface area contributed by atoms with Gasteiger partial charge < -0.3 is 15.4 Å². The van der Waals surface area contributed by atoms with Crippen molar-refractivity contribution in [2.24, 2.45) is 4.99 Å². The van der Waals surface area contributed by atoms with Crippen LogP contribution in [0.1, 0.15) is 38.2 Å². The number of hydrogen-bond acceptors (Lipinski definition) is 4. The predicted octanol–water partition coefficient (Wildman–Crippen LogP) is 2.48. The first-order valence-electron chi connectivity index (χ1n) is 9.05. The van der Waals surface area contributed by atoms with Crippen LogP contribution in [-0.2, 0) is 16.4 Å². The molecule has 146 valence electrons. The van der Waals surface area contributed by atoms with Gasteiger partial charge in [0.1, 0.15) is 5.75 Å². The summed E-state index contributed by atoms with van der Waals surface area (Å²) in [6.45, 7) is 3.22. The van der Waals surface area contributed by atoms with E-state index in [2.05, 4.69) is 15.6 Å². The minimum atomic E-state index is -2.91. The van der Waals surface area contributed by atoms with E-state index in [4.69, 9.17) is 4.74 Å². The molecule has 2 aliphatic rings. The van der Waals surface area contributed by atoms with Crippen LogP contribution in [-0.4, -0.2) is 44.6 Å². The van der Waals surface area contributed by atoms with E-state index in [1.54, 1.807) is 0 Å². The number of rotatable bonds is 6. The summed E-state index contributed by atoms with van der Waals surface area (Å²) in [6, 6.07) is 7.93. The molecule has 2 N–H and O–H groups in total. The maximum atomic E-state index is 11.6. The third-order valence-electron chi connectivity index (χ3n) is 4.64. The molecule has 0 spiro atoms. The fourth-order valence-corrected chi connectivity index (χ4v) is 4.68. The molecule has 2 fully saturated rings. The normalized spacial score (nSPS) is 22.2. The predicted molar refractivity (Wildman–Crippen MR) is 115 cm³/mol. The second-order valence-electron chi connectivity index (χ2n) is 6.72. The van der Waals surface area contributed by atoms with Gasteiger partial charge in [0.25, 0.3) is 0 Å². The average Bonchev–Trinajstić information content (AvgIpc) is 2.88. The maximum absolute atomic E-state index is 11.6. The Morgan fingerprint density at radius 2 is 2.04 bits per heavy atom. The first-order chi connectivity index (χ1) is 12.1. The zero-order valence-electron chi connectivity index (χ0n) is 15.1. The minimum absolute atomic E-state index is 0. The van der Waals surface area contributed by atoms with Crippen LogP contribution in [0, 0.1) is 0 Å². The number of hydrogen-bond donors (Lipinski definition) is 2. The Morgan fingerprint density at radius 1 is 1.27 bits per heavy atom. The van der Waals surface area contributed by atoms with Crippen molar-refractivity contribution in [2.75, 3.05) is 18.1 Å². The molecule has 1 aromatic rings. The summed E-state index contributed by atoms with van der Waals surface area (Å²) >= 11 is 0. The van der Waals surface area contributed by atoms with Crippen molar-refractivity contribution in [3.8, 4) is 5.75 Å². The topological polar surface area (TPSA) is 79.8 Å². The molecule has 1 saturated heterocycles. The lowest BCUT2D eigenvalue weighted by atomic mass is 9.96. The van der Waals surface area contributed by atoms with E-state index < -0.39 is 9.84 Å². The Morgan fingerprint density at radius 3 is 2.65 bits per heavy atom. The highest BCUT2D eigenvalue weighted by atomic mass is 127. The number of ether oxygens (including phenoxy) is 1. The van der Waals surface area contributed by atoms with Crippen molar-refractivity contribution < 1.29 is 13.2 Å². The van der Waals surface area contributed by atoms with Crippen LogP contribution < -0.4 is 15.4 Å². The third-order valence-corrected chi connectivity index (χ3v) is 6.41. The molecule has 3 rings (SSSR count). The molecule has 6 nitrogen and oxygen atoms in total. The number of sulfone groups is 1. The van der Waals surface area contributed by atoms with Crippen LogP contribution in [0.4, 0.5) is 0 Å². The van der Waals surface area contributed by atoms with Crippen molar-refractivity contribution in [3.05, 3.63) is 29.8 Å². The van der Waals surface area contributed by atoms with E-state index in [0.29, 0.717) is 25.0 Å².